The molecule has 5 heteroatoms. The van der Waals surface area contributed by atoms with E-state index in [0.29, 0.717) is 5.02 Å². The lowest BCUT2D eigenvalue weighted by Crippen LogP contribution is -2.65. The van der Waals surface area contributed by atoms with Gasteiger partial charge in [0, 0.05) is 39.9 Å². The molecule has 4 rings (SSSR count). The van der Waals surface area contributed by atoms with Crippen LogP contribution < -0.4 is 5.32 Å². The molecule has 1 saturated carbocycles. The molecular weight excluding hydrogens is 358 g/mol. The fourth-order valence-electron chi connectivity index (χ4n) is 3.92. The van der Waals surface area contributed by atoms with Crippen molar-refractivity contribution in [1.29, 1.82) is 0 Å². The van der Waals surface area contributed by atoms with Crippen LogP contribution >= 0.6 is 11.6 Å². The molecule has 1 aromatic heterocycles. The van der Waals surface area contributed by atoms with Gasteiger partial charge in [0.05, 0.1) is 5.60 Å². The highest BCUT2D eigenvalue weighted by Gasteiger charge is 2.57. The summed E-state index contributed by atoms with van der Waals surface area (Å²) in [7, 11) is 1.79. The van der Waals surface area contributed by atoms with Crippen LogP contribution in [0.2, 0.25) is 5.02 Å². The van der Waals surface area contributed by atoms with Crippen LogP contribution in [-0.4, -0.2) is 29.0 Å². The topological polar surface area (TPSA) is 47.0 Å². The third-order valence-electron chi connectivity index (χ3n) is 6.39. The number of hydrogen-bond acceptors (Lipinski definition) is 4. The Labute approximate surface area is 164 Å². The van der Waals surface area contributed by atoms with E-state index in [1.165, 1.54) is 0 Å². The van der Waals surface area contributed by atoms with E-state index in [1.807, 2.05) is 36.4 Å². The molecule has 140 valence electrons. The van der Waals surface area contributed by atoms with Crippen molar-refractivity contribution in [3.05, 3.63) is 53.6 Å². The molecule has 1 fully saturated rings. The van der Waals surface area contributed by atoms with Crippen molar-refractivity contribution in [2.45, 2.75) is 38.8 Å². The maximum absolute atomic E-state index is 6.03. The highest BCUT2D eigenvalue weighted by atomic mass is 35.5. The number of nitrogens with zero attached hydrogens (tertiary/aromatic N) is 2. The summed E-state index contributed by atoms with van der Waals surface area (Å²) in [6.07, 6.45) is 0.936. The van der Waals surface area contributed by atoms with Gasteiger partial charge in [0.15, 0.2) is 5.82 Å². The molecule has 3 aromatic rings. The Morgan fingerprint density at radius 3 is 2.30 bits per heavy atom. The van der Waals surface area contributed by atoms with Gasteiger partial charge in [-0.2, -0.15) is 0 Å². The van der Waals surface area contributed by atoms with E-state index in [0.717, 1.165) is 34.3 Å². The summed E-state index contributed by atoms with van der Waals surface area (Å²) < 4.78 is 5.74. The Kier molecular flexibility index (Phi) is 4.36. The van der Waals surface area contributed by atoms with Crippen molar-refractivity contribution >= 4 is 28.2 Å². The second-order valence-corrected chi connectivity index (χ2v) is 8.44. The van der Waals surface area contributed by atoms with Crippen LogP contribution in [0, 0.1) is 5.41 Å². The molecule has 2 aromatic carbocycles. The molecule has 1 aliphatic rings. The molecule has 0 bridgehead atoms. The summed E-state index contributed by atoms with van der Waals surface area (Å²) in [4.78, 5) is 0. The molecule has 0 radical (unpaired) electrons. The molecule has 0 spiro atoms. The summed E-state index contributed by atoms with van der Waals surface area (Å²) in [6.45, 7) is 6.63. The van der Waals surface area contributed by atoms with Crippen LogP contribution in [0.5, 0.6) is 0 Å². The van der Waals surface area contributed by atoms with Gasteiger partial charge < -0.3 is 10.1 Å². The molecule has 0 amide bonds. The number of hydrogen-bond donors (Lipinski definition) is 1. The van der Waals surface area contributed by atoms with Gasteiger partial charge in [0.2, 0.25) is 0 Å². The maximum Gasteiger partial charge on any atom is 0.156 e. The number of methoxy groups -OCH3 is 1. The predicted molar refractivity (Wildman–Crippen MR) is 111 cm³/mol. The molecule has 2 atom stereocenters. The van der Waals surface area contributed by atoms with Gasteiger partial charge in [-0.1, -0.05) is 61.8 Å². The lowest BCUT2D eigenvalue weighted by Gasteiger charge is -2.59. The smallest absolute Gasteiger partial charge is 0.156 e. The third kappa shape index (κ3) is 2.88. The normalized spacial score (nSPS) is 23.8. The van der Waals surface area contributed by atoms with E-state index in [4.69, 9.17) is 16.3 Å². The number of aromatic nitrogens is 2. The summed E-state index contributed by atoms with van der Waals surface area (Å²) >= 11 is 6.03. The molecule has 4 nitrogen and oxygen atoms in total. The van der Waals surface area contributed by atoms with E-state index in [1.54, 1.807) is 7.11 Å². The molecule has 1 aliphatic carbocycles. The number of ether oxygens (including phenoxy) is 1. The lowest BCUT2D eigenvalue weighted by molar-refractivity contribution is -0.166. The number of anilines is 1. The monoisotopic (exact) mass is 381 g/mol. The van der Waals surface area contributed by atoms with Gasteiger partial charge in [0.1, 0.15) is 5.69 Å². The van der Waals surface area contributed by atoms with Crippen molar-refractivity contribution in [1.82, 2.24) is 10.2 Å². The van der Waals surface area contributed by atoms with Gasteiger partial charge in [0.25, 0.3) is 0 Å². The number of nitrogens with one attached hydrogen (secondary N) is 1. The first-order chi connectivity index (χ1) is 12.9. The summed E-state index contributed by atoms with van der Waals surface area (Å²) in [5.74, 6) is 0.819. The Balaban J connectivity index is 1.72. The van der Waals surface area contributed by atoms with Gasteiger partial charge >= 0.3 is 0 Å². The molecule has 0 saturated heterocycles. The molecule has 1 heterocycles. The maximum atomic E-state index is 6.03. The minimum atomic E-state index is -0.128. The highest BCUT2D eigenvalue weighted by molar-refractivity contribution is 6.30. The van der Waals surface area contributed by atoms with Gasteiger partial charge in [-0.25, -0.2) is 0 Å². The fraction of sp³-hybridized carbons (Fsp3) is 0.364. The summed E-state index contributed by atoms with van der Waals surface area (Å²) in [5.41, 5.74) is 1.74. The largest absolute Gasteiger partial charge is 0.378 e. The molecule has 27 heavy (non-hydrogen) atoms. The zero-order valence-electron chi connectivity index (χ0n) is 16.1. The first-order valence-corrected chi connectivity index (χ1v) is 9.56. The van der Waals surface area contributed by atoms with Crippen LogP contribution in [-0.2, 0) is 4.74 Å². The number of rotatable bonds is 4. The summed E-state index contributed by atoms with van der Waals surface area (Å²) in [5, 5.41) is 15.5. The van der Waals surface area contributed by atoms with Gasteiger partial charge in [-0.05, 0) is 25.5 Å². The minimum Gasteiger partial charge on any atom is -0.378 e. The average Bonchev–Trinajstić information content (AvgIpc) is 2.68. The van der Waals surface area contributed by atoms with Crippen LogP contribution in [0.25, 0.3) is 22.0 Å². The van der Waals surface area contributed by atoms with E-state index in [2.05, 4.69) is 48.4 Å². The third-order valence-corrected chi connectivity index (χ3v) is 6.65. The Bertz CT molecular complexity index is 987. The molecule has 2 unspecified atom stereocenters. The average molecular weight is 382 g/mol. The zero-order chi connectivity index (χ0) is 19.2. The van der Waals surface area contributed by atoms with E-state index < -0.39 is 0 Å². The van der Waals surface area contributed by atoms with E-state index >= 15 is 0 Å². The fourth-order valence-corrected chi connectivity index (χ4v) is 4.05. The first kappa shape index (κ1) is 18.2. The lowest BCUT2D eigenvalue weighted by atomic mass is 9.56. The summed E-state index contributed by atoms with van der Waals surface area (Å²) in [6, 6.07) is 16.2. The quantitative estimate of drug-likeness (QED) is 0.642. The molecular formula is C22H24ClN3O. The van der Waals surface area contributed by atoms with Crippen molar-refractivity contribution in [3.63, 3.8) is 0 Å². The first-order valence-electron chi connectivity index (χ1n) is 9.19. The Morgan fingerprint density at radius 2 is 1.67 bits per heavy atom. The van der Waals surface area contributed by atoms with Crippen molar-refractivity contribution < 1.29 is 4.74 Å². The van der Waals surface area contributed by atoms with Crippen molar-refractivity contribution in [3.8, 4) is 11.3 Å². The molecule has 0 aliphatic heterocycles. The second-order valence-electron chi connectivity index (χ2n) is 8.01. The van der Waals surface area contributed by atoms with Crippen LogP contribution in [0.1, 0.15) is 27.2 Å². The van der Waals surface area contributed by atoms with E-state index in [9.17, 15) is 0 Å². The SMILES string of the molecule is COC1(C)CC(Nc2nnc(-c3ccc(Cl)cc3)c3ccccc23)C1(C)C. The molecule has 1 N–H and O–H groups in total. The van der Waals surface area contributed by atoms with Crippen LogP contribution in [0.3, 0.4) is 0 Å². The number of halogens is 1. The van der Waals surface area contributed by atoms with Gasteiger partial charge in [-0.15, -0.1) is 10.2 Å². The predicted octanol–water partition coefficient (Wildman–Crippen LogP) is 5.57. The number of benzene rings is 2. The standard InChI is InChI=1S/C22H24ClN3O/c1-21(2)18(13-22(21,3)27-4)24-20-17-8-6-5-7-16(17)19(25-26-20)14-9-11-15(23)12-10-14/h5-12,18H,13H2,1-4H3,(H,24,26). The van der Waals surface area contributed by atoms with Crippen LogP contribution in [0.15, 0.2) is 48.5 Å². The number of fused-ring (bicyclic) bond motifs is 1. The highest BCUT2D eigenvalue weighted by Crippen LogP contribution is 2.52. The zero-order valence-corrected chi connectivity index (χ0v) is 16.8. The van der Waals surface area contributed by atoms with Crippen LogP contribution in [0.4, 0.5) is 5.82 Å². The second kappa shape index (κ2) is 6.47. The minimum absolute atomic E-state index is 0.000611. The van der Waals surface area contributed by atoms with Gasteiger partial charge in [-0.3, -0.25) is 0 Å². The Morgan fingerprint density at radius 1 is 1.00 bits per heavy atom. The van der Waals surface area contributed by atoms with Crippen molar-refractivity contribution in [2.24, 2.45) is 5.41 Å². The van der Waals surface area contributed by atoms with E-state index in [-0.39, 0.29) is 17.1 Å². The Hall–Kier alpha value is -2.17. The van der Waals surface area contributed by atoms with Crippen molar-refractivity contribution in [2.75, 3.05) is 12.4 Å².